The number of nitro groups is 1. The van der Waals surface area contributed by atoms with E-state index in [0.29, 0.717) is 0 Å². The van der Waals surface area contributed by atoms with Gasteiger partial charge in [0, 0.05) is 23.9 Å². The lowest BCUT2D eigenvalue weighted by atomic mass is 10.1. The maximum atomic E-state index is 12.3. The monoisotopic (exact) mass is 376 g/mol. The van der Waals surface area contributed by atoms with E-state index in [0.717, 1.165) is 6.07 Å². The fourth-order valence-corrected chi connectivity index (χ4v) is 2.34. The van der Waals surface area contributed by atoms with Gasteiger partial charge in [-0.25, -0.2) is 4.79 Å². The van der Waals surface area contributed by atoms with Gasteiger partial charge in [-0.05, 0) is 29.7 Å². The van der Waals surface area contributed by atoms with Gasteiger partial charge in [-0.15, -0.1) is 0 Å². The van der Waals surface area contributed by atoms with Crippen LogP contribution in [0.15, 0.2) is 57.7 Å². The molecular formula is C17H10F2N2O6. The zero-order valence-electron chi connectivity index (χ0n) is 13.3. The van der Waals surface area contributed by atoms with Crippen LogP contribution in [-0.4, -0.2) is 17.4 Å². The molecule has 0 saturated heterocycles. The number of amides is 1. The van der Waals surface area contributed by atoms with Crippen LogP contribution >= 0.6 is 0 Å². The summed E-state index contributed by atoms with van der Waals surface area (Å²) in [5.41, 5.74) is -1.07. The summed E-state index contributed by atoms with van der Waals surface area (Å²) in [6.07, 6.45) is 0. The van der Waals surface area contributed by atoms with Crippen LogP contribution in [0.4, 0.5) is 20.2 Å². The van der Waals surface area contributed by atoms with Gasteiger partial charge in [0.25, 0.3) is 11.6 Å². The van der Waals surface area contributed by atoms with E-state index in [1.165, 1.54) is 42.5 Å². The lowest BCUT2D eigenvalue weighted by Gasteiger charge is -2.08. The zero-order chi connectivity index (χ0) is 19.6. The summed E-state index contributed by atoms with van der Waals surface area (Å²) in [6.45, 7) is -3.02. The van der Waals surface area contributed by atoms with E-state index in [-0.39, 0.29) is 33.7 Å². The highest BCUT2D eigenvalue weighted by molar-refractivity contribution is 6.04. The van der Waals surface area contributed by atoms with Gasteiger partial charge in [0.15, 0.2) is 5.76 Å². The zero-order valence-corrected chi connectivity index (χ0v) is 13.3. The highest BCUT2D eigenvalue weighted by Crippen LogP contribution is 2.22. The van der Waals surface area contributed by atoms with Gasteiger partial charge >= 0.3 is 12.2 Å². The second-order valence-corrected chi connectivity index (χ2v) is 5.29. The lowest BCUT2D eigenvalue weighted by molar-refractivity contribution is -0.384. The number of carbonyl (C=O) groups is 1. The molecule has 1 heterocycles. The van der Waals surface area contributed by atoms with E-state index in [1.807, 2.05) is 0 Å². The van der Waals surface area contributed by atoms with Crippen molar-refractivity contribution in [3.8, 4) is 5.75 Å². The molecule has 0 unspecified atom stereocenters. The third kappa shape index (κ3) is 4.06. The summed E-state index contributed by atoms with van der Waals surface area (Å²) in [7, 11) is 0. The van der Waals surface area contributed by atoms with Crippen LogP contribution < -0.4 is 15.7 Å². The summed E-state index contributed by atoms with van der Waals surface area (Å²) < 4.78 is 33.6. The third-order valence-corrected chi connectivity index (χ3v) is 3.50. The lowest BCUT2D eigenvalue weighted by Crippen LogP contribution is -2.15. The van der Waals surface area contributed by atoms with Crippen molar-refractivity contribution in [1.82, 2.24) is 0 Å². The molecule has 0 spiro atoms. The van der Waals surface area contributed by atoms with Crippen LogP contribution in [0, 0.1) is 10.1 Å². The van der Waals surface area contributed by atoms with Crippen molar-refractivity contribution in [3.05, 3.63) is 74.8 Å². The normalized spacial score (nSPS) is 10.8. The molecule has 0 aliphatic carbocycles. The van der Waals surface area contributed by atoms with Crippen molar-refractivity contribution in [3.63, 3.8) is 0 Å². The number of benzene rings is 2. The molecule has 1 N–H and O–H groups in total. The summed E-state index contributed by atoms with van der Waals surface area (Å²) in [6, 6.07) is 10.1. The van der Waals surface area contributed by atoms with Gasteiger partial charge in [-0.2, -0.15) is 8.78 Å². The number of nitrogens with zero attached hydrogens (tertiary/aromatic N) is 1. The number of halogens is 2. The Balaban J connectivity index is 1.89. The number of carbonyl (C=O) groups excluding carboxylic acids is 1. The molecule has 1 aromatic heterocycles. The molecule has 0 fully saturated rings. The first-order chi connectivity index (χ1) is 12.8. The third-order valence-electron chi connectivity index (χ3n) is 3.50. The van der Waals surface area contributed by atoms with Gasteiger partial charge in [-0.3, -0.25) is 14.9 Å². The molecule has 1 amide bonds. The minimum atomic E-state index is -3.02. The number of rotatable bonds is 5. The Morgan fingerprint density at radius 2 is 1.96 bits per heavy atom. The molecule has 8 nitrogen and oxygen atoms in total. The van der Waals surface area contributed by atoms with E-state index in [1.54, 1.807) is 0 Å². The van der Waals surface area contributed by atoms with Crippen LogP contribution in [0.25, 0.3) is 10.8 Å². The maximum Gasteiger partial charge on any atom is 0.387 e. The summed E-state index contributed by atoms with van der Waals surface area (Å²) in [5.74, 6) is -1.31. The van der Waals surface area contributed by atoms with Crippen LogP contribution in [-0.2, 0) is 0 Å². The first kappa shape index (κ1) is 18.0. The number of ether oxygens (including phenoxy) is 1. The number of hydrogen-bond acceptors (Lipinski definition) is 6. The quantitative estimate of drug-likeness (QED) is 0.538. The average molecular weight is 376 g/mol. The Bertz CT molecular complexity index is 1100. The highest BCUT2D eigenvalue weighted by atomic mass is 19.3. The molecule has 0 aliphatic heterocycles. The Hall–Kier alpha value is -3.82. The second-order valence-electron chi connectivity index (χ2n) is 5.29. The number of anilines is 1. The summed E-state index contributed by atoms with van der Waals surface area (Å²) in [4.78, 5) is 34.4. The standard InChI is InChI=1S/C17H10F2N2O6/c18-17(19)26-12-3-1-2-10(7-12)20-15(22)14-6-9-4-5-11(21(24)25)8-13(9)16(23)27-14/h1-8,17H,(H,20,22). The summed E-state index contributed by atoms with van der Waals surface area (Å²) >= 11 is 0. The number of nitrogens with one attached hydrogen (secondary N) is 1. The number of hydrogen-bond donors (Lipinski definition) is 1. The molecule has 27 heavy (non-hydrogen) atoms. The van der Waals surface area contributed by atoms with Crippen molar-refractivity contribution in [1.29, 1.82) is 0 Å². The van der Waals surface area contributed by atoms with E-state index in [9.17, 15) is 28.5 Å². The highest BCUT2D eigenvalue weighted by Gasteiger charge is 2.15. The van der Waals surface area contributed by atoms with E-state index in [4.69, 9.17) is 4.42 Å². The van der Waals surface area contributed by atoms with Gasteiger partial charge in [0.05, 0.1) is 10.3 Å². The van der Waals surface area contributed by atoms with Crippen molar-refractivity contribution < 1.29 is 27.7 Å². The Morgan fingerprint density at radius 3 is 2.67 bits per heavy atom. The number of nitro benzene ring substituents is 1. The molecular weight excluding hydrogens is 366 g/mol. The minimum absolute atomic E-state index is 0.0481. The molecule has 10 heteroatoms. The molecule has 3 aromatic rings. The molecule has 138 valence electrons. The minimum Gasteiger partial charge on any atom is -0.435 e. The molecule has 0 aliphatic rings. The van der Waals surface area contributed by atoms with Crippen molar-refractivity contribution in [2.45, 2.75) is 6.61 Å². The summed E-state index contributed by atoms with van der Waals surface area (Å²) in [5, 5.41) is 13.4. The molecule has 0 bridgehead atoms. The molecule has 0 radical (unpaired) electrons. The fourth-order valence-electron chi connectivity index (χ4n) is 2.34. The Morgan fingerprint density at radius 1 is 1.19 bits per heavy atom. The second kappa shape index (κ2) is 7.20. The first-order valence-electron chi connectivity index (χ1n) is 7.42. The van der Waals surface area contributed by atoms with Gasteiger partial charge in [0.1, 0.15) is 5.75 Å². The van der Waals surface area contributed by atoms with Crippen molar-refractivity contribution in [2.75, 3.05) is 5.32 Å². The van der Waals surface area contributed by atoms with E-state index >= 15 is 0 Å². The molecule has 3 rings (SSSR count). The predicted octanol–water partition coefficient (Wildman–Crippen LogP) is 3.55. The number of alkyl halides is 2. The topological polar surface area (TPSA) is 112 Å². The first-order valence-corrected chi connectivity index (χ1v) is 7.42. The largest absolute Gasteiger partial charge is 0.435 e. The Labute approximate surface area is 149 Å². The molecule has 2 aromatic carbocycles. The van der Waals surface area contributed by atoms with Gasteiger partial charge < -0.3 is 14.5 Å². The average Bonchev–Trinajstić information content (AvgIpc) is 2.61. The SMILES string of the molecule is O=C(Nc1cccc(OC(F)F)c1)c1cc2ccc([N+](=O)[O-])cc2c(=O)o1. The van der Waals surface area contributed by atoms with Crippen LogP contribution in [0.1, 0.15) is 10.6 Å². The molecule has 0 saturated carbocycles. The van der Waals surface area contributed by atoms with E-state index in [2.05, 4.69) is 10.1 Å². The Kier molecular flexibility index (Phi) is 4.79. The van der Waals surface area contributed by atoms with Gasteiger partial charge in [-0.1, -0.05) is 6.07 Å². The van der Waals surface area contributed by atoms with Crippen molar-refractivity contribution in [2.24, 2.45) is 0 Å². The predicted molar refractivity (Wildman–Crippen MR) is 90.2 cm³/mol. The number of non-ortho nitro benzene ring substituents is 1. The fraction of sp³-hybridized carbons (Fsp3) is 0.0588. The van der Waals surface area contributed by atoms with Crippen LogP contribution in [0.5, 0.6) is 5.75 Å². The van der Waals surface area contributed by atoms with Gasteiger partial charge in [0.2, 0.25) is 0 Å². The number of fused-ring (bicyclic) bond motifs is 1. The van der Waals surface area contributed by atoms with Crippen molar-refractivity contribution >= 4 is 28.1 Å². The van der Waals surface area contributed by atoms with Crippen LogP contribution in [0.2, 0.25) is 0 Å². The molecule has 0 atom stereocenters. The van der Waals surface area contributed by atoms with E-state index < -0.39 is 23.1 Å². The smallest absolute Gasteiger partial charge is 0.387 e. The maximum absolute atomic E-state index is 12.3. The van der Waals surface area contributed by atoms with Crippen LogP contribution in [0.3, 0.4) is 0 Å².